The van der Waals surface area contributed by atoms with E-state index in [0.29, 0.717) is 0 Å². The van der Waals surface area contributed by atoms with Crippen LogP contribution in [0, 0.1) is 6.92 Å². The lowest BCUT2D eigenvalue weighted by atomic mass is 10.00. The smallest absolute Gasteiger partial charge is 0.213 e. The second-order valence-corrected chi connectivity index (χ2v) is 5.08. The number of fused-ring (bicyclic) bond motifs is 1. The van der Waals surface area contributed by atoms with Gasteiger partial charge in [0.2, 0.25) is 5.96 Å². The second-order valence-electron chi connectivity index (χ2n) is 5.08. The molecule has 0 unspecified atom stereocenters. The van der Waals surface area contributed by atoms with E-state index in [9.17, 15) is 0 Å². The van der Waals surface area contributed by atoms with Crippen LogP contribution in [0.4, 0.5) is 5.69 Å². The molecule has 98 valence electrons. The minimum absolute atomic E-state index is 0.229. The van der Waals surface area contributed by atoms with Crippen molar-refractivity contribution >= 4 is 11.6 Å². The molecule has 4 nitrogen and oxygen atoms in total. The lowest BCUT2D eigenvalue weighted by Gasteiger charge is -2.32. The molecule has 1 aliphatic rings. The van der Waals surface area contributed by atoms with E-state index in [-0.39, 0.29) is 6.04 Å². The van der Waals surface area contributed by atoms with Crippen molar-refractivity contribution in [3.05, 3.63) is 29.3 Å². The maximum Gasteiger partial charge on any atom is 0.213 e. The third-order valence-electron chi connectivity index (χ3n) is 3.12. The Morgan fingerprint density at radius 2 is 2.22 bits per heavy atom. The minimum Gasteiger partial charge on any atom is -0.311 e. The maximum atomic E-state index is 5.62. The van der Waals surface area contributed by atoms with Gasteiger partial charge in [0.05, 0.1) is 0 Å². The summed E-state index contributed by atoms with van der Waals surface area (Å²) in [6.07, 6.45) is 2.27. The quantitative estimate of drug-likeness (QED) is 0.345. The van der Waals surface area contributed by atoms with E-state index in [1.807, 2.05) is 0 Å². The number of hydrazine groups is 1. The summed E-state index contributed by atoms with van der Waals surface area (Å²) in [4.78, 5) is 6.73. The van der Waals surface area contributed by atoms with Crippen LogP contribution in [0.15, 0.2) is 23.2 Å². The number of nitrogens with zero attached hydrogens (tertiary/aromatic N) is 2. The van der Waals surface area contributed by atoms with Crippen LogP contribution in [-0.4, -0.2) is 18.5 Å². The van der Waals surface area contributed by atoms with Gasteiger partial charge < -0.3 is 4.90 Å². The predicted octanol–water partition coefficient (Wildman–Crippen LogP) is 1.98. The summed E-state index contributed by atoms with van der Waals surface area (Å²) in [5, 5.41) is 0. The molecule has 0 aromatic heterocycles. The summed E-state index contributed by atoms with van der Waals surface area (Å²) in [5.74, 6) is 6.38. The Bertz CT molecular complexity index is 451. The van der Waals surface area contributed by atoms with E-state index in [0.717, 1.165) is 25.3 Å². The Kier molecular flexibility index (Phi) is 3.87. The van der Waals surface area contributed by atoms with Crippen molar-refractivity contribution in [2.45, 2.75) is 39.7 Å². The number of rotatable bonds is 1. The Balaban J connectivity index is 2.37. The van der Waals surface area contributed by atoms with Crippen LogP contribution in [0.2, 0.25) is 0 Å². The number of nitrogens with one attached hydrogen (secondary N) is 1. The summed E-state index contributed by atoms with van der Waals surface area (Å²) in [5.41, 5.74) is 6.65. The van der Waals surface area contributed by atoms with E-state index in [2.05, 4.69) is 54.3 Å². The van der Waals surface area contributed by atoms with Gasteiger partial charge in [-0.25, -0.2) is 10.8 Å². The number of nitrogens with two attached hydrogens (primary N) is 1. The molecule has 0 saturated carbocycles. The first kappa shape index (κ1) is 12.9. The molecule has 1 aromatic rings. The standard InChI is InChI=1S/C14H22N4/c1-10(2)16-14(17-15)18-8-4-5-12-9-11(3)6-7-13(12)18/h6-7,9-10H,4-5,8,15H2,1-3H3,(H,16,17). The van der Waals surface area contributed by atoms with E-state index in [4.69, 9.17) is 5.84 Å². The van der Waals surface area contributed by atoms with Crippen LogP contribution in [0.3, 0.4) is 0 Å². The normalized spacial score (nSPS) is 15.8. The van der Waals surface area contributed by atoms with Gasteiger partial charge in [0.25, 0.3) is 0 Å². The molecular formula is C14H22N4. The fraction of sp³-hybridized carbons (Fsp3) is 0.500. The fourth-order valence-corrected chi connectivity index (χ4v) is 2.38. The number of aryl methyl sites for hydroxylation is 2. The third kappa shape index (κ3) is 2.64. The molecule has 18 heavy (non-hydrogen) atoms. The fourth-order valence-electron chi connectivity index (χ4n) is 2.38. The average Bonchev–Trinajstić information content (AvgIpc) is 2.34. The lowest BCUT2D eigenvalue weighted by Crippen LogP contribution is -2.47. The summed E-state index contributed by atoms with van der Waals surface area (Å²) in [7, 11) is 0. The number of hydrogen-bond donors (Lipinski definition) is 2. The molecule has 0 aliphatic carbocycles. The topological polar surface area (TPSA) is 53.6 Å². The maximum absolute atomic E-state index is 5.62. The van der Waals surface area contributed by atoms with Gasteiger partial charge in [-0.05, 0) is 45.2 Å². The molecular weight excluding hydrogens is 224 g/mol. The highest BCUT2D eigenvalue weighted by Gasteiger charge is 2.20. The molecule has 4 heteroatoms. The summed E-state index contributed by atoms with van der Waals surface area (Å²) in [6.45, 7) is 7.20. The number of hydrogen-bond acceptors (Lipinski definition) is 2. The van der Waals surface area contributed by atoms with E-state index in [1.165, 1.54) is 16.8 Å². The Hall–Kier alpha value is -1.55. The number of aliphatic imine (C=N–C) groups is 1. The van der Waals surface area contributed by atoms with Gasteiger partial charge in [-0.3, -0.25) is 5.43 Å². The van der Waals surface area contributed by atoms with E-state index >= 15 is 0 Å². The Labute approximate surface area is 109 Å². The van der Waals surface area contributed by atoms with Crippen molar-refractivity contribution in [3.8, 4) is 0 Å². The van der Waals surface area contributed by atoms with Crippen molar-refractivity contribution < 1.29 is 0 Å². The highest BCUT2D eigenvalue weighted by molar-refractivity contribution is 5.96. The summed E-state index contributed by atoms with van der Waals surface area (Å²) in [6, 6.07) is 6.79. The zero-order chi connectivity index (χ0) is 13.1. The zero-order valence-electron chi connectivity index (χ0n) is 11.4. The molecule has 0 spiro atoms. The third-order valence-corrected chi connectivity index (χ3v) is 3.12. The number of anilines is 1. The summed E-state index contributed by atoms with van der Waals surface area (Å²) < 4.78 is 0. The van der Waals surface area contributed by atoms with Gasteiger partial charge >= 0.3 is 0 Å². The van der Waals surface area contributed by atoms with Crippen molar-refractivity contribution in [2.24, 2.45) is 10.8 Å². The van der Waals surface area contributed by atoms with Gasteiger partial charge in [-0.15, -0.1) is 0 Å². The monoisotopic (exact) mass is 246 g/mol. The Morgan fingerprint density at radius 3 is 2.89 bits per heavy atom. The first-order chi connectivity index (χ1) is 8.61. The van der Waals surface area contributed by atoms with Gasteiger partial charge in [0.15, 0.2) is 0 Å². The first-order valence-electron chi connectivity index (χ1n) is 6.53. The summed E-state index contributed by atoms with van der Waals surface area (Å²) >= 11 is 0. The largest absolute Gasteiger partial charge is 0.311 e. The SMILES string of the molecule is Cc1ccc2c(c1)CCCN2C(=NC(C)C)NN. The highest BCUT2D eigenvalue weighted by Crippen LogP contribution is 2.27. The number of benzene rings is 1. The molecule has 1 heterocycles. The van der Waals surface area contributed by atoms with Crippen LogP contribution in [0.1, 0.15) is 31.4 Å². The molecule has 2 rings (SSSR count). The van der Waals surface area contributed by atoms with Crippen LogP contribution in [0.25, 0.3) is 0 Å². The number of guanidine groups is 1. The molecule has 0 fully saturated rings. The minimum atomic E-state index is 0.229. The zero-order valence-corrected chi connectivity index (χ0v) is 11.4. The van der Waals surface area contributed by atoms with Gasteiger partial charge in [-0.2, -0.15) is 0 Å². The lowest BCUT2D eigenvalue weighted by molar-refractivity contribution is 0.743. The molecule has 0 bridgehead atoms. The van der Waals surface area contributed by atoms with Gasteiger partial charge in [0, 0.05) is 18.3 Å². The van der Waals surface area contributed by atoms with Crippen LogP contribution < -0.4 is 16.2 Å². The molecule has 0 saturated heterocycles. The van der Waals surface area contributed by atoms with Crippen molar-refractivity contribution in [3.63, 3.8) is 0 Å². The molecule has 1 aliphatic heterocycles. The molecule has 3 N–H and O–H groups in total. The van der Waals surface area contributed by atoms with E-state index in [1.54, 1.807) is 0 Å². The van der Waals surface area contributed by atoms with E-state index < -0.39 is 0 Å². The van der Waals surface area contributed by atoms with Gasteiger partial charge in [-0.1, -0.05) is 17.7 Å². The Morgan fingerprint density at radius 1 is 1.44 bits per heavy atom. The molecule has 0 radical (unpaired) electrons. The van der Waals surface area contributed by atoms with Crippen LogP contribution in [0.5, 0.6) is 0 Å². The first-order valence-corrected chi connectivity index (χ1v) is 6.53. The highest BCUT2D eigenvalue weighted by atomic mass is 15.4. The van der Waals surface area contributed by atoms with Crippen LogP contribution in [-0.2, 0) is 6.42 Å². The van der Waals surface area contributed by atoms with Crippen molar-refractivity contribution in [2.75, 3.05) is 11.4 Å². The predicted molar refractivity (Wildman–Crippen MR) is 76.7 cm³/mol. The van der Waals surface area contributed by atoms with Crippen molar-refractivity contribution in [1.82, 2.24) is 5.43 Å². The molecule has 0 atom stereocenters. The molecule has 1 aromatic carbocycles. The van der Waals surface area contributed by atoms with Crippen molar-refractivity contribution in [1.29, 1.82) is 0 Å². The average molecular weight is 246 g/mol. The second kappa shape index (κ2) is 5.40. The molecule has 0 amide bonds. The van der Waals surface area contributed by atoms with Gasteiger partial charge in [0.1, 0.15) is 0 Å². The van der Waals surface area contributed by atoms with Crippen LogP contribution >= 0.6 is 0 Å².